The summed E-state index contributed by atoms with van der Waals surface area (Å²) in [5.74, 6) is 0.943. The van der Waals surface area contributed by atoms with Gasteiger partial charge in [0.25, 0.3) is 5.91 Å². The van der Waals surface area contributed by atoms with Crippen molar-refractivity contribution in [2.75, 3.05) is 6.54 Å². The number of nitrogens with zero attached hydrogens (tertiary/aromatic N) is 4. The first-order chi connectivity index (χ1) is 12.3. The molecule has 4 aromatic rings. The van der Waals surface area contributed by atoms with Gasteiger partial charge in [-0.2, -0.15) is 0 Å². The van der Waals surface area contributed by atoms with Crippen LogP contribution in [0.5, 0.6) is 0 Å². The van der Waals surface area contributed by atoms with E-state index in [1.807, 2.05) is 51.9 Å². The van der Waals surface area contributed by atoms with Crippen LogP contribution < -0.4 is 0 Å². The van der Waals surface area contributed by atoms with Crippen molar-refractivity contribution in [1.82, 2.24) is 19.5 Å². The Morgan fingerprint density at radius 1 is 1.12 bits per heavy atom. The maximum atomic E-state index is 13.1. The molecule has 1 aromatic carbocycles. The molecule has 1 aliphatic rings. The number of carbonyl (C=O) groups excluding carboxylic acids is 1. The van der Waals surface area contributed by atoms with Crippen molar-refractivity contribution in [1.29, 1.82) is 0 Å². The highest BCUT2D eigenvalue weighted by atomic mass is 32.1. The molecule has 5 nitrogen and oxygen atoms in total. The molecule has 3 aromatic heterocycles. The van der Waals surface area contributed by atoms with Gasteiger partial charge in [-0.05, 0) is 42.5 Å². The molecule has 1 amide bonds. The van der Waals surface area contributed by atoms with Gasteiger partial charge in [0.05, 0.1) is 10.9 Å². The van der Waals surface area contributed by atoms with Gasteiger partial charge in [0.2, 0.25) is 0 Å². The van der Waals surface area contributed by atoms with Crippen LogP contribution in [-0.4, -0.2) is 31.9 Å². The van der Waals surface area contributed by atoms with Gasteiger partial charge in [-0.15, -0.1) is 21.5 Å². The Bertz CT molecular complexity index is 1050. The molecule has 124 valence electrons. The van der Waals surface area contributed by atoms with Crippen LogP contribution in [0.25, 0.3) is 15.7 Å². The Balaban J connectivity index is 1.53. The lowest BCUT2D eigenvalue weighted by Crippen LogP contribution is -2.31. The van der Waals surface area contributed by atoms with Gasteiger partial charge in [0, 0.05) is 17.4 Å². The average Bonchev–Trinajstić information content (AvgIpc) is 3.37. The van der Waals surface area contributed by atoms with E-state index < -0.39 is 0 Å². The van der Waals surface area contributed by atoms with E-state index in [2.05, 4.69) is 22.3 Å². The van der Waals surface area contributed by atoms with Crippen molar-refractivity contribution in [3.8, 4) is 0 Å². The summed E-state index contributed by atoms with van der Waals surface area (Å²) in [7, 11) is 0. The molecule has 5 rings (SSSR count). The van der Waals surface area contributed by atoms with Crippen LogP contribution in [0.3, 0.4) is 0 Å². The van der Waals surface area contributed by atoms with Crippen LogP contribution in [0.1, 0.15) is 34.4 Å². The van der Waals surface area contributed by atoms with Crippen molar-refractivity contribution < 1.29 is 4.79 Å². The van der Waals surface area contributed by atoms with Crippen LogP contribution in [-0.2, 0) is 0 Å². The van der Waals surface area contributed by atoms with Gasteiger partial charge in [0.15, 0.2) is 11.5 Å². The largest absolute Gasteiger partial charge is 0.328 e. The van der Waals surface area contributed by atoms with Crippen molar-refractivity contribution in [2.24, 2.45) is 0 Å². The van der Waals surface area contributed by atoms with E-state index in [0.29, 0.717) is 0 Å². The second-order valence-electron chi connectivity index (χ2n) is 6.29. The smallest absolute Gasteiger partial charge is 0.264 e. The van der Waals surface area contributed by atoms with E-state index in [1.165, 1.54) is 0 Å². The third-order valence-electron chi connectivity index (χ3n) is 4.79. The fourth-order valence-electron chi connectivity index (χ4n) is 3.59. The third-order valence-corrected chi connectivity index (χ3v) is 5.89. The highest BCUT2D eigenvalue weighted by Crippen LogP contribution is 2.34. The molecule has 1 fully saturated rings. The Kier molecular flexibility index (Phi) is 3.31. The second kappa shape index (κ2) is 5.67. The molecule has 25 heavy (non-hydrogen) atoms. The SMILES string of the molecule is O=C(c1cc2ccccc2s1)N1CCCC1c1nnc2ccccn12. The Hall–Kier alpha value is -2.73. The zero-order valence-corrected chi connectivity index (χ0v) is 14.3. The molecular weight excluding hydrogens is 332 g/mol. The molecule has 1 aliphatic heterocycles. The molecule has 1 saturated heterocycles. The number of aromatic nitrogens is 3. The zero-order chi connectivity index (χ0) is 16.8. The molecule has 0 aliphatic carbocycles. The van der Waals surface area contributed by atoms with Crippen LogP contribution >= 0.6 is 11.3 Å². The highest BCUT2D eigenvalue weighted by molar-refractivity contribution is 7.20. The number of carbonyl (C=O) groups is 1. The van der Waals surface area contributed by atoms with Crippen LogP contribution in [0, 0.1) is 0 Å². The van der Waals surface area contributed by atoms with E-state index >= 15 is 0 Å². The standard InChI is InChI=1S/C19H16N4OS/c24-19(16-12-13-6-1-2-8-15(13)25-16)22-11-5-7-14(22)18-21-20-17-9-3-4-10-23(17)18/h1-4,6,8-10,12,14H,5,7,11H2. The lowest BCUT2D eigenvalue weighted by atomic mass is 10.2. The summed E-state index contributed by atoms with van der Waals surface area (Å²) >= 11 is 1.56. The normalized spacial score (nSPS) is 17.6. The Morgan fingerprint density at radius 2 is 2.00 bits per heavy atom. The minimum absolute atomic E-state index is 0.0184. The lowest BCUT2D eigenvalue weighted by molar-refractivity contribution is 0.0734. The summed E-state index contributed by atoms with van der Waals surface area (Å²) in [6.45, 7) is 0.763. The van der Waals surface area contributed by atoms with Gasteiger partial charge < -0.3 is 4.90 Å². The van der Waals surface area contributed by atoms with E-state index in [9.17, 15) is 4.79 Å². The molecule has 1 atom stereocenters. The Morgan fingerprint density at radius 3 is 2.92 bits per heavy atom. The fraction of sp³-hybridized carbons (Fsp3) is 0.211. The van der Waals surface area contributed by atoms with Gasteiger partial charge in [-0.3, -0.25) is 9.20 Å². The summed E-state index contributed by atoms with van der Waals surface area (Å²) < 4.78 is 3.13. The van der Waals surface area contributed by atoms with E-state index in [0.717, 1.165) is 45.8 Å². The topological polar surface area (TPSA) is 50.5 Å². The minimum atomic E-state index is -0.0184. The molecule has 0 radical (unpaired) electrons. The number of benzene rings is 1. The monoisotopic (exact) mass is 348 g/mol. The van der Waals surface area contributed by atoms with Gasteiger partial charge >= 0.3 is 0 Å². The molecule has 0 N–H and O–H groups in total. The van der Waals surface area contributed by atoms with Crippen LogP contribution in [0.2, 0.25) is 0 Å². The maximum Gasteiger partial charge on any atom is 0.264 e. The quantitative estimate of drug-likeness (QED) is 0.552. The molecule has 0 spiro atoms. The summed E-state index contributed by atoms with van der Waals surface area (Å²) in [5, 5.41) is 9.74. The number of hydrogen-bond acceptors (Lipinski definition) is 4. The summed E-state index contributed by atoms with van der Waals surface area (Å²) in [6, 6.07) is 16.0. The average molecular weight is 348 g/mol. The van der Waals surface area contributed by atoms with Crippen LogP contribution in [0.4, 0.5) is 0 Å². The molecule has 4 heterocycles. The third kappa shape index (κ3) is 2.33. The first-order valence-corrected chi connectivity index (χ1v) is 9.22. The van der Waals surface area contributed by atoms with Crippen LogP contribution in [0.15, 0.2) is 54.7 Å². The van der Waals surface area contributed by atoms with Crippen molar-refractivity contribution in [2.45, 2.75) is 18.9 Å². The minimum Gasteiger partial charge on any atom is -0.328 e. The van der Waals surface area contributed by atoms with Crippen molar-refractivity contribution in [3.63, 3.8) is 0 Å². The predicted molar refractivity (Wildman–Crippen MR) is 97.8 cm³/mol. The van der Waals surface area contributed by atoms with E-state index in [1.54, 1.807) is 11.3 Å². The molecular formula is C19H16N4OS. The summed E-state index contributed by atoms with van der Waals surface area (Å²) in [6.07, 6.45) is 3.88. The number of rotatable bonds is 2. The first-order valence-electron chi connectivity index (χ1n) is 8.40. The van der Waals surface area contributed by atoms with Crippen molar-refractivity contribution in [3.05, 3.63) is 65.4 Å². The Labute approximate surface area is 148 Å². The summed E-state index contributed by atoms with van der Waals surface area (Å²) in [4.78, 5) is 15.9. The first kappa shape index (κ1) is 14.6. The molecule has 0 saturated carbocycles. The molecule has 1 unspecified atom stereocenters. The van der Waals surface area contributed by atoms with E-state index in [-0.39, 0.29) is 11.9 Å². The molecule has 0 bridgehead atoms. The maximum absolute atomic E-state index is 13.1. The number of pyridine rings is 1. The zero-order valence-electron chi connectivity index (χ0n) is 13.5. The highest BCUT2D eigenvalue weighted by Gasteiger charge is 2.34. The number of likely N-dealkylation sites (tertiary alicyclic amines) is 1. The second-order valence-corrected chi connectivity index (χ2v) is 7.38. The fourth-order valence-corrected chi connectivity index (χ4v) is 4.61. The predicted octanol–water partition coefficient (Wildman–Crippen LogP) is 3.92. The van der Waals surface area contributed by atoms with Crippen molar-refractivity contribution >= 4 is 33.0 Å². The number of hydrogen-bond donors (Lipinski definition) is 0. The van der Waals surface area contributed by atoms with Gasteiger partial charge in [-0.1, -0.05) is 24.3 Å². The summed E-state index contributed by atoms with van der Waals surface area (Å²) in [5.41, 5.74) is 0.818. The van der Waals surface area contributed by atoms with Gasteiger partial charge in [-0.25, -0.2) is 0 Å². The lowest BCUT2D eigenvalue weighted by Gasteiger charge is -2.22. The number of amides is 1. The molecule has 6 heteroatoms. The van der Waals surface area contributed by atoms with Gasteiger partial charge in [0.1, 0.15) is 0 Å². The number of fused-ring (bicyclic) bond motifs is 2. The van der Waals surface area contributed by atoms with E-state index in [4.69, 9.17) is 0 Å². The number of thiophene rings is 1.